The van der Waals surface area contributed by atoms with Gasteiger partial charge in [0, 0.05) is 42.8 Å². The highest BCUT2D eigenvalue weighted by Gasteiger charge is 2.23. The second kappa shape index (κ2) is 9.55. The molecular weight excluding hydrogens is 545 g/mol. The molecule has 9 aromatic rings. The summed E-state index contributed by atoms with van der Waals surface area (Å²) in [5, 5.41) is 6.90. The molecule has 0 amide bonds. The molecule has 3 aromatic heterocycles. The van der Waals surface area contributed by atoms with Crippen molar-refractivity contribution in [2.75, 3.05) is 4.90 Å². The van der Waals surface area contributed by atoms with Crippen LogP contribution in [-0.2, 0) is 0 Å². The second-order valence-corrected chi connectivity index (χ2v) is 11.9. The first-order valence-corrected chi connectivity index (χ1v) is 15.2. The van der Waals surface area contributed by atoms with E-state index in [-0.39, 0.29) is 0 Å². The highest BCUT2D eigenvalue weighted by Crippen LogP contribution is 2.47. The highest BCUT2D eigenvalue weighted by molar-refractivity contribution is 7.26. The molecule has 0 bridgehead atoms. The molecule has 9 rings (SSSR count). The molecule has 0 aliphatic carbocycles. The number of pyridine rings is 1. The van der Waals surface area contributed by atoms with Gasteiger partial charge in [0.05, 0.1) is 11.9 Å². The number of fused-ring (bicyclic) bond motifs is 7. The van der Waals surface area contributed by atoms with Crippen molar-refractivity contribution >= 4 is 81.3 Å². The third-order valence-electron chi connectivity index (χ3n) is 8.32. The Balaban J connectivity index is 1.33. The number of aromatic nitrogens is 1. The maximum absolute atomic E-state index is 6.71. The Labute approximate surface area is 251 Å². The van der Waals surface area contributed by atoms with E-state index in [1.54, 1.807) is 0 Å². The predicted octanol–water partition coefficient (Wildman–Crippen LogP) is 11.6. The highest BCUT2D eigenvalue weighted by atomic mass is 32.1. The summed E-state index contributed by atoms with van der Waals surface area (Å²) < 4.78 is 9.24. The van der Waals surface area contributed by atoms with E-state index in [0.29, 0.717) is 0 Å². The third-order valence-corrected chi connectivity index (χ3v) is 9.46. The number of anilines is 3. The van der Waals surface area contributed by atoms with E-state index in [9.17, 15) is 0 Å². The second-order valence-electron chi connectivity index (χ2n) is 10.8. The van der Waals surface area contributed by atoms with Gasteiger partial charge in [-0.1, -0.05) is 91.0 Å². The Bertz CT molecular complexity index is 2460. The predicted molar refractivity (Wildman–Crippen MR) is 182 cm³/mol. The first kappa shape index (κ1) is 24.2. The zero-order chi connectivity index (χ0) is 28.3. The molecule has 0 spiro atoms. The lowest BCUT2D eigenvalue weighted by molar-refractivity contribution is 0.669. The molecule has 0 radical (unpaired) electrons. The molecule has 6 aromatic carbocycles. The summed E-state index contributed by atoms with van der Waals surface area (Å²) in [6.07, 6.45) is 3.86. The van der Waals surface area contributed by atoms with Crippen LogP contribution in [0.25, 0.3) is 64.0 Å². The summed E-state index contributed by atoms with van der Waals surface area (Å²) in [6, 6.07) is 47.3. The fourth-order valence-electron chi connectivity index (χ4n) is 6.30. The summed E-state index contributed by atoms with van der Waals surface area (Å²) in [5.41, 5.74) is 7.11. The van der Waals surface area contributed by atoms with Crippen molar-refractivity contribution < 1.29 is 4.42 Å². The van der Waals surface area contributed by atoms with Crippen LogP contribution in [0, 0.1) is 0 Å². The Kier molecular flexibility index (Phi) is 5.37. The van der Waals surface area contributed by atoms with Gasteiger partial charge in [0.15, 0.2) is 5.58 Å². The van der Waals surface area contributed by atoms with Crippen LogP contribution >= 0.6 is 11.3 Å². The van der Waals surface area contributed by atoms with Crippen molar-refractivity contribution in [3.63, 3.8) is 0 Å². The van der Waals surface area contributed by atoms with Crippen molar-refractivity contribution in [1.82, 2.24) is 4.98 Å². The summed E-state index contributed by atoms with van der Waals surface area (Å²) in [6.45, 7) is 0. The minimum absolute atomic E-state index is 0.823. The molecule has 0 atom stereocenters. The van der Waals surface area contributed by atoms with E-state index in [2.05, 4.69) is 138 Å². The quantitative estimate of drug-likeness (QED) is 0.211. The van der Waals surface area contributed by atoms with Crippen LogP contribution in [0.3, 0.4) is 0 Å². The van der Waals surface area contributed by atoms with Crippen molar-refractivity contribution in [2.45, 2.75) is 0 Å². The van der Waals surface area contributed by atoms with Gasteiger partial charge in [0.1, 0.15) is 11.3 Å². The summed E-state index contributed by atoms with van der Waals surface area (Å²) in [5.74, 6) is 0. The van der Waals surface area contributed by atoms with E-state index in [0.717, 1.165) is 44.4 Å². The molecule has 0 aliphatic rings. The van der Waals surface area contributed by atoms with Crippen LogP contribution in [0.2, 0.25) is 0 Å². The molecule has 3 nitrogen and oxygen atoms in total. The number of furan rings is 1. The minimum Gasteiger partial charge on any atom is -0.454 e. The van der Waals surface area contributed by atoms with Crippen LogP contribution in [0.4, 0.5) is 17.1 Å². The first-order chi connectivity index (χ1) is 21.3. The molecule has 4 heteroatoms. The lowest BCUT2D eigenvalue weighted by Crippen LogP contribution is -2.11. The van der Waals surface area contributed by atoms with Gasteiger partial charge in [-0.25, -0.2) is 0 Å². The van der Waals surface area contributed by atoms with Gasteiger partial charge in [-0.15, -0.1) is 11.3 Å². The first-order valence-electron chi connectivity index (χ1n) is 14.4. The lowest BCUT2D eigenvalue weighted by atomic mass is 10.0. The molecule has 0 saturated carbocycles. The maximum atomic E-state index is 6.71. The molecule has 0 unspecified atom stereocenters. The third kappa shape index (κ3) is 3.84. The van der Waals surface area contributed by atoms with Gasteiger partial charge in [-0.3, -0.25) is 4.98 Å². The monoisotopic (exact) mass is 568 g/mol. The lowest BCUT2D eigenvalue weighted by Gasteiger charge is -2.26. The molecule has 0 N–H and O–H groups in total. The molecule has 0 saturated heterocycles. The zero-order valence-electron chi connectivity index (χ0n) is 23.1. The van der Waals surface area contributed by atoms with Crippen LogP contribution in [-0.4, -0.2) is 4.98 Å². The van der Waals surface area contributed by atoms with E-state index >= 15 is 0 Å². The number of hydrogen-bond acceptors (Lipinski definition) is 4. The molecule has 202 valence electrons. The Morgan fingerprint density at radius 3 is 2.12 bits per heavy atom. The van der Waals surface area contributed by atoms with Crippen molar-refractivity contribution in [3.05, 3.63) is 146 Å². The Hall–Kier alpha value is -5.45. The topological polar surface area (TPSA) is 29.3 Å². The average Bonchev–Trinajstić information content (AvgIpc) is 3.63. The fourth-order valence-corrected chi connectivity index (χ4v) is 7.43. The van der Waals surface area contributed by atoms with E-state index in [1.165, 1.54) is 36.7 Å². The standard InChI is InChI=1S/C39H24N2OS/c1-2-9-25(10-3-1)26-17-19-29(20-18-26)41(33-14-8-16-37-38(33)30-13-6-7-15-36(30)43-37)34-24-40-23-32-31-21-27-11-4-5-12-28(27)22-35(31)42-39(32)34/h1-24H. The van der Waals surface area contributed by atoms with E-state index in [4.69, 9.17) is 9.40 Å². The molecule has 0 aliphatic heterocycles. The fraction of sp³-hybridized carbons (Fsp3) is 0. The van der Waals surface area contributed by atoms with Gasteiger partial charge in [0.2, 0.25) is 0 Å². The number of thiophene rings is 1. The smallest absolute Gasteiger partial charge is 0.162 e. The normalized spacial score (nSPS) is 11.7. The Morgan fingerprint density at radius 2 is 1.26 bits per heavy atom. The number of benzene rings is 6. The largest absolute Gasteiger partial charge is 0.454 e. The Morgan fingerprint density at radius 1 is 0.535 bits per heavy atom. The van der Waals surface area contributed by atoms with Crippen LogP contribution < -0.4 is 4.90 Å². The summed E-state index contributed by atoms with van der Waals surface area (Å²) in [7, 11) is 0. The average molecular weight is 569 g/mol. The zero-order valence-corrected chi connectivity index (χ0v) is 23.9. The molecule has 0 fully saturated rings. The van der Waals surface area contributed by atoms with Crippen LogP contribution in [0.5, 0.6) is 0 Å². The number of nitrogens with zero attached hydrogens (tertiary/aromatic N) is 2. The van der Waals surface area contributed by atoms with Gasteiger partial charge >= 0.3 is 0 Å². The van der Waals surface area contributed by atoms with E-state index < -0.39 is 0 Å². The SMILES string of the molecule is c1ccc(-c2ccc(N(c3cncc4c3oc3cc5ccccc5cc34)c3cccc4sc5ccccc5c34)cc2)cc1. The minimum atomic E-state index is 0.823. The van der Waals surface area contributed by atoms with Crippen molar-refractivity contribution in [3.8, 4) is 11.1 Å². The van der Waals surface area contributed by atoms with E-state index in [1.807, 2.05) is 23.7 Å². The van der Waals surface area contributed by atoms with Crippen molar-refractivity contribution in [1.29, 1.82) is 0 Å². The summed E-state index contributed by atoms with van der Waals surface area (Å²) in [4.78, 5) is 7.10. The molecule has 43 heavy (non-hydrogen) atoms. The molecule has 3 heterocycles. The summed E-state index contributed by atoms with van der Waals surface area (Å²) >= 11 is 1.83. The van der Waals surface area contributed by atoms with Gasteiger partial charge < -0.3 is 9.32 Å². The van der Waals surface area contributed by atoms with Gasteiger partial charge in [0.25, 0.3) is 0 Å². The molecular formula is C39H24N2OS. The van der Waals surface area contributed by atoms with Crippen molar-refractivity contribution in [2.24, 2.45) is 0 Å². The van der Waals surface area contributed by atoms with Gasteiger partial charge in [-0.05, 0) is 64.4 Å². The van der Waals surface area contributed by atoms with Crippen LogP contribution in [0.15, 0.2) is 150 Å². The maximum Gasteiger partial charge on any atom is 0.162 e. The number of hydrogen-bond donors (Lipinski definition) is 0. The van der Waals surface area contributed by atoms with Gasteiger partial charge in [-0.2, -0.15) is 0 Å². The van der Waals surface area contributed by atoms with Crippen LogP contribution in [0.1, 0.15) is 0 Å². The number of rotatable bonds is 4.